The van der Waals surface area contributed by atoms with Crippen molar-refractivity contribution in [2.24, 2.45) is 5.73 Å². The van der Waals surface area contributed by atoms with Crippen molar-refractivity contribution in [3.8, 4) is 0 Å². The van der Waals surface area contributed by atoms with Gasteiger partial charge in [-0.3, -0.25) is 0 Å². The maximum absolute atomic E-state index is 9.21. The highest BCUT2D eigenvalue weighted by Crippen LogP contribution is 2.11. The number of hydrogen-bond donors (Lipinski definition) is 2. The molecular weight excluding hydrogens is 164 g/mol. The molecule has 0 unspecified atom stereocenters. The van der Waals surface area contributed by atoms with Gasteiger partial charge in [-0.15, -0.1) is 0 Å². The molecule has 0 aliphatic carbocycles. The monoisotopic (exact) mass is 172 g/mol. The van der Waals surface area contributed by atoms with E-state index in [9.17, 15) is 5.11 Å². The third-order valence-electron chi connectivity index (χ3n) is 1.36. The van der Waals surface area contributed by atoms with E-state index < -0.39 is 6.10 Å². The molecule has 0 aliphatic heterocycles. The molecule has 0 radical (unpaired) electrons. The lowest BCUT2D eigenvalue weighted by atomic mass is 10.2. The number of aliphatic hydroxyl groups excluding tert-OH is 1. The molecule has 0 saturated heterocycles. The number of pyridine rings is 1. The van der Waals surface area contributed by atoms with Crippen LogP contribution >= 0.6 is 11.6 Å². The maximum Gasteiger partial charge on any atom is 0.129 e. The first kappa shape index (κ1) is 8.46. The summed E-state index contributed by atoms with van der Waals surface area (Å²) in [4.78, 5) is 3.80. The number of hydrogen-bond acceptors (Lipinski definition) is 3. The van der Waals surface area contributed by atoms with Gasteiger partial charge in [-0.1, -0.05) is 17.7 Å². The van der Waals surface area contributed by atoms with Crippen molar-refractivity contribution in [2.45, 2.75) is 6.10 Å². The van der Waals surface area contributed by atoms with E-state index in [1.807, 2.05) is 0 Å². The average molecular weight is 173 g/mol. The van der Waals surface area contributed by atoms with Crippen molar-refractivity contribution in [1.29, 1.82) is 0 Å². The van der Waals surface area contributed by atoms with Crippen LogP contribution < -0.4 is 5.73 Å². The van der Waals surface area contributed by atoms with Gasteiger partial charge in [-0.2, -0.15) is 0 Å². The van der Waals surface area contributed by atoms with Crippen molar-refractivity contribution in [3.63, 3.8) is 0 Å². The Balaban J connectivity index is 2.81. The number of aliphatic hydroxyl groups is 1. The molecule has 0 aromatic carbocycles. The fourth-order valence-corrected chi connectivity index (χ4v) is 0.832. The van der Waals surface area contributed by atoms with E-state index in [-0.39, 0.29) is 6.54 Å². The Hall–Kier alpha value is -0.640. The van der Waals surface area contributed by atoms with Gasteiger partial charge in [0.05, 0.1) is 6.10 Å². The van der Waals surface area contributed by atoms with Crippen molar-refractivity contribution in [2.75, 3.05) is 6.54 Å². The van der Waals surface area contributed by atoms with Gasteiger partial charge in [-0.25, -0.2) is 4.98 Å². The Kier molecular flexibility index (Phi) is 2.82. The quantitative estimate of drug-likeness (QED) is 0.647. The van der Waals surface area contributed by atoms with Crippen molar-refractivity contribution in [1.82, 2.24) is 4.98 Å². The van der Waals surface area contributed by atoms with E-state index in [1.165, 1.54) is 6.20 Å². The molecule has 11 heavy (non-hydrogen) atoms. The highest BCUT2D eigenvalue weighted by atomic mass is 35.5. The largest absolute Gasteiger partial charge is 0.387 e. The van der Waals surface area contributed by atoms with Crippen LogP contribution in [0.25, 0.3) is 0 Å². The normalized spacial score (nSPS) is 13.0. The van der Waals surface area contributed by atoms with E-state index in [0.717, 1.165) is 0 Å². The molecule has 1 aromatic heterocycles. The molecule has 0 aliphatic rings. The van der Waals surface area contributed by atoms with E-state index >= 15 is 0 Å². The molecule has 0 fully saturated rings. The lowest BCUT2D eigenvalue weighted by Crippen LogP contribution is -2.11. The van der Waals surface area contributed by atoms with Crippen LogP contribution in [0.5, 0.6) is 0 Å². The van der Waals surface area contributed by atoms with Crippen LogP contribution in [-0.2, 0) is 0 Å². The van der Waals surface area contributed by atoms with Crippen molar-refractivity contribution >= 4 is 11.6 Å². The molecular formula is C7H9ClN2O. The predicted octanol–water partition coefficient (Wildman–Crippen LogP) is 0.727. The molecule has 3 nitrogen and oxygen atoms in total. The van der Waals surface area contributed by atoms with E-state index in [1.54, 1.807) is 12.1 Å². The van der Waals surface area contributed by atoms with Gasteiger partial charge in [0.1, 0.15) is 5.15 Å². The minimum Gasteiger partial charge on any atom is -0.387 e. The fraction of sp³-hybridized carbons (Fsp3) is 0.286. The molecule has 1 atom stereocenters. The van der Waals surface area contributed by atoms with Crippen LogP contribution in [0.4, 0.5) is 0 Å². The van der Waals surface area contributed by atoms with Gasteiger partial charge in [0, 0.05) is 18.3 Å². The SMILES string of the molecule is NC[C@@H](O)c1ccc(Cl)nc1. The Morgan fingerprint density at radius 3 is 2.82 bits per heavy atom. The van der Waals surface area contributed by atoms with Crippen LogP contribution in [0.3, 0.4) is 0 Å². The Morgan fingerprint density at radius 2 is 2.36 bits per heavy atom. The highest BCUT2D eigenvalue weighted by molar-refractivity contribution is 6.29. The standard InChI is InChI=1S/C7H9ClN2O/c8-7-2-1-5(4-10-7)6(11)3-9/h1-2,4,6,11H,3,9H2/t6-/m1/s1. The summed E-state index contributed by atoms with van der Waals surface area (Å²) < 4.78 is 0. The summed E-state index contributed by atoms with van der Waals surface area (Å²) in [7, 11) is 0. The summed E-state index contributed by atoms with van der Waals surface area (Å²) in [5.41, 5.74) is 5.92. The van der Waals surface area contributed by atoms with E-state index in [2.05, 4.69) is 4.98 Å². The summed E-state index contributed by atoms with van der Waals surface area (Å²) in [5, 5.41) is 9.63. The van der Waals surface area contributed by atoms with Crippen LogP contribution in [0.1, 0.15) is 11.7 Å². The van der Waals surface area contributed by atoms with Crippen LogP contribution in [0.2, 0.25) is 5.15 Å². The number of halogens is 1. The van der Waals surface area contributed by atoms with Gasteiger partial charge >= 0.3 is 0 Å². The van der Waals surface area contributed by atoms with Crippen LogP contribution in [-0.4, -0.2) is 16.6 Å². The van der Waals surface area contributed by atoms with Gasteiger partial charge < -0.3 is 10.8 Å². The zero-order valence-corrected chi connectivity index (χ0v) is 6.62. The topological polar surface area (TPSA) is 59.1 Å². The first-order valence-corrected chi connectivity index (χ1v) is 3.61. The zero-order chi connectivity index (χ0) is 8.27. The molecule has 0 saturated carbocycles. The molecule has 3 N–H and O–H groups in total. The van der Waals surface area contributed by atoms with Crippen molar-refractivity contribution < 1.29 is 5.11 Å². The number of nitrogens with two attached hydrogens (primary N) is 1. The third-order valence-corrected chi connectivity index (χ3v) is 1.58. The van der Waals surface area contributed by atoms with Gasteiger partial charge in [-0.05, 0) is 6.07 Å². The lowest BCUT2D eigenvalue weighted by Gasteiger charge is -2.05. The molecule has 0 spiro atoms. The molecule has 1 heterocycles. The summed E-state index contributed by atoms with van der Waals surface area (Å²) in [6, 6.07) is 3.32. The molecule has 0 amide bonds. The molecule has 1 aromatic rings. The van der Waals surface area contributed by atoms with E-state index in [0.29, 0.717) is 10.7 Å². The number of aromatic nitrogens is 1. The zero-order valence-electron chi connectivity index (χ0n) is 5.87. The minimum atomic E-state index is -0.639. The second kappa shape index (κ2) is 3.67. The summed E-state index contributed by atoms with van der Waals surface area (Å²) in [6.07, 6.45) is 0.875. The predicted molar refractivity (Wildman–Crippen MR) is 43.3 cm³/mol. The van der Waals surface area contributed by atoms with Crippen LogP contribution in [0, 0.1) is 0 Å². The average Bonchev–Trinajstić information content (AvgIpc) is 2.05. The molecule has 60 valence electrons. The molecule has 4 heteroatoms. The van der Waals surface area contributed by atoms with Gasteiger partial charge in [0.2, 0.25) is 0 Å². The maximum atomic E-state index is 9.21. The fourth-order valence-electron chi connectivity index (χ4n) is 0.720. The second-order valence-electron chi connectivity index (χ2n) is 2.17. The summed E-state index contributed by atoms with van der Waals surface area (Å²) >= 11 is 5.54. The minimum absolute atomic E-state index is 0.198. The number of rotatable bonds is 2. The Labute approximate surface area is 69.8 Å². The van der Waals surface area contributed by atoms with Gasteiger partial charge in [0.15, 0.2) is 0 Å². The Bertz CT molecular complexity index is 224. The molecule has 0 bridgehead atoms. The number of nitrogens with zero attached hydrogens (tertiary/aromatic N) is 1. The molecule has 1 rings (SSSR count). The van der Waals surface area contributed by atoms with Crippen molar-refractivity contribution in [3.05, 3.63) is 29.0 Å². The van der Waals surface area contributed by atoms with Crippen LogP contribution in [0.15, 0.2) is 18.3 Å². The second-order valence-corrected chi connectivity index (χ2v) is 2.55. The smallest absolute Gasteiger partial charge is 0.129 e. The lowest BCUT2D eigenvalue weighted by molar-refractivity contribution is 0.186. The first-order valence-electron chi connectivity index (χ1n) is 3.23. The van der Waals surface area contributed by atoms with E-state index in [4.69, 9.17) is 17.3 Å². The highest BCUT2D eigenvalue weighted by Gasteiger charge is 2.03. The summed E-state index contributed by atoms with van der Waals surface area (Å²) in [5.74, 6) is 0. The first-order chi connectivity index (χ1) is 5.24. The van der Waals surface area contributed by atoms with Gasteiger partial charge in [0.25, 0.3) is 0 Å². The Morgan fingerprint density at radius 1 is 1.64 bits per heavy atom. The summed E-state index contributed by atoms with van der Waals surface area (Å²) in [6.45, 7) is 0.198. The third kappa shape index (κ3) is 2.15.